The molecular weight excluding hydrogens is 396 g/mol. The third kappa shape index (κ3) is 6.45. The van der Waals surface area contributed by atoms with Gasteiger partial charge in [0.1, 0.15) is 11.6 Å². The van der Waals surface area contributed by atoms with Crippen molar-refractivity contribution >= 4 is 23.9 Å². The summed E-state index contributed by atoms with van der Waals surface area (Å²) < 4.78 is 7.27. The van der Waals surface area contributed by atoms with E-state index in [2.05, 4.69) is 18.4 Å². The van der Waals surface area contributed by atoms with Gasteiger partial charge in [0.2, 0.25) is 5.91 Å². The summed E-state index contributed by atoms with van der Waals surface area (Å²) in [5.74, 6) is -1.18. The first-order chi connectivity index (χ1) is 14.6. The van der Waals surface area contributed by atoms with Gasteiger partial charge in [-0.05, 0) is 56.7 Å². The molecule has 0 unspecified atom stereocenters. The third-order valence-corrected chi connectivity index (χ3v) is 5.76. The summed E-state index contributed by atoms with van der Waals surface area (Å²) in [6.07, 6.45) is 3.56. The summed E-state index contributed by atoms with van der Waals surface area (Å²) in [7, 11) is 0. The molecule has 2 amide bonds. The highest BCUT2D eigenvalue weighted by molar-refractivity contribution is 5.99. The van der Waals surface area contributed by atoms with Gasteiger partial charge in [-0.2, -0.15) is 5.26 Å². The van der Waals surface area contributed by atoms with Gasteiger partial charge in [-0.25, -0.2) is 4.79 Å². The standard InChI is InChI=1S/C23H32N4O4/c1-15(2)5-10-27-16(3)11-19(17(27)4)12-20(13-24)23(30)31-14-21(28)26-8-6-18(7-9-26)22(25)29/h11-12,15,18H,5-10,14H2,1-4H3,(H2,25,29)/b20-12+. The number of carbonyl (C=O) groups excluding carboxylic acids is 3. The van der Waals surface area contributed by atoms with Crippen LogP contribution in [-0.2, 0) is 25.7 Å². The molecule has 1 fully saturated rings. The number of rotatable bonds is 8. The number of amides is 2. The highest BCUT2D eigenvalue weighted by atomic mass is 16.5. The fourth-order valence-electron chi connectivity index (χ4n) is 3.71. The Hall–Kier alpha value is -3.08. The van der Waals surface area contributed by atoms with Gasteiger partial charge in [-0.3, -0.25) is 9.59 Å². The van der Waals surface area contributed by atoms with Crippen molar-refractivity contribution in [3.05, 3.63) is 28.6 Å². The molecule has 1 aromatic rings. The van der Waals surface area contributed by atoms with Crippen LogP contribution in [0.15, 0.2) is 11.6 Å². The van der Waals surface area contributed by atoms with E-state index < -0.39 is 12.6 Å². The molecule has 8 heteroatoms. The Kier molecular flexibility index (Phi) is 8.43. The third-order valence-electron chi connectivity index (χ3n) is 5.76. The molecule has 0 spiro atoms. The smallest absolute Gasteiger partial charge is 0.349 e. The van der Waals surface area contributed by atoms with Crippen molar-refractivity contribution in [3.63, 3.8) is 0 Å². The van der Waals surface area contributed by atoms with Crippen molar-refractivity contribution in [3.8, 4) is 6.07 Å². The number of carbonyl (C=O) groups is 3. The molecule has 0 atom stereocenters. The minimum Gasteiger partial charge on any atom is -0.451 e. The topological polar surface area (TPSA) is 118 Å². The average Bonchev–Trinajstić information content (AvgIpc) is 3.00. The second-order valence-electron chi connectivity index (χ2n) is 8.46. The molecule has 0 aromatic carbocycles. The molecule has 2 heterocycles. The molecule has 1 aliphatic heterocycles. The Labute approximate surface area is 183 Å². The van der Waals surface area contributed by atoms with Gasteiger partial charge in [0.15, 0.2) is 6.61 Å². The van der Waals surface area contributed by atoms with Gasteiger partial charge in [-0.1, -0.05) is 13.8 Å². The Bertz CT molecular complexity index is 899. The predicted octanol–water partition coefficient (Wildman–Crippen LogP) is 2.33. The first-order valence-corrected chi connectivity index (χ1v) is 10.7. The molecule has 1 saturated heterocycles. The maximum absolute atomic E-state index is 12.4. The van der Waals surface area contributed by atoms with Crippen LogP contribution in [0.5, 0.6) is 0 Å². The summed E-state index contributed by atoms with van der Waals surface area (Å²) in [6, 6.07) is 3.82. The number of nitrogens with two attached hydrogens (primary N) is 1. The number of primary amides is 1. The van der Waals surface area contributed by atoms with Crippen LogP contribution in [0.1, 0.15) is 50.1 Å². The number of esters is 1. The summed E-state index contributed by atoms with van der Waals surface area (Å²) in [5, 5.41) is 9.43. The number of hydrogen-bond donors (Lipinski definition) is 1. The zero-order chi connectivity index (χ0) is 23.1. The van der Waals surface area contributed by atoms with Crippen LogP contribution >= 0.6 is 0 Å². The van der Waals surface area contributed by atoms with Gasteiger partial charge >= 0.3 is 5.97 Å². The van der Waals surface area contributed by atoms with Gasteiger partial charge in [0.05, 0.1) is 0 Å². The van der Waals surface area contributed by atoms with E-state index in [0.717, 1.165) is 29.9 Å². The lowest BCUT2D eigenvalue weighted by Crippen LogP contribution is -2.43. The molecule has 0 radical (unpaired) electrons. The normalized spacial score (nSPS) is 15.1. The Balaban J connectivity index is 1.99. The van der Waals surface area contributed by atoms with Crippen molar-refractivity contribution in [2.24, 2.45) is 17.6 Å². The van der Waals surface area contributed by atoms with Crippen molar-refractivity contribution in [1.29, 1.82) is 5.26 Å². The van der Waals surface area contributed by atoms with Crippen molar-refractivity contribution in [2.45, 2.75) is 53.5 Å². The predicted molar refractivity (Wildman–Crippen MR) is 116 cm³/mol. The number of aromatic nitrogens is 1. The van der Waals surface area contributed by atoms with Gasteiger partial charge in [0.25, 0.3) is 5.91 Å². The van der Waals surface area contributed by atoms with Crippen LogP contribution < -0.4 is 5.73 Å². The van der Waals surface area contributed by atoms with Crippen LogP contribution in [0.25, 0.3) is 6.08 Å². The number of nitrogens with zero attached hydrogens (tertiary/aromatic N) is 3. The Morgan fingerprint density at radius 2 is 1.94 bits per heavy atom. The number of nitriles is 1. The van der Waals surface area contributed by atoms with Crippen LogP contribution in [-0.4, -0.2) is 46.9 Å². The fraction of sp³-hybridized carbons (Fsp3) is 0.565. The van der Waals surface area contributed by atoms with Crippen molar-refractivity contribution in [2.75, 3.05) is 19.7 Å². The fourth-order valence-corrected chi connectivity index (χ4v) is 3.71. The molecule has 1 aromatic heterocycles. The van der Waals surface area contributed by atoms with E-state index >= 15 is 0 Å². The number of ether oxygens (including phenoxy) is 1. The van der Waals surface area contributed by atoms with E-state index in [1.165, 1.54) is 6.08 Å². The number of aryl methyl sites for hydroxylation is 1. The highest BCUT2D eigenvalue weighted by Gasteiger charge is 2.26. The first kappa shape index (κ1) is 24.2. The van der Waals surface area contributed by atoms with E-state index in [0.29, 0.717) is 31.8 Å². The van der Waals surface area contributed by atoms with Crippen molar-refractivity contribution in [1.82, 2.24) is 9.47 Å². The Morgan fingerprint density at radius 3 is 2.48 bits per heavy atom. The second-order valence-corrected chi connectivity index (χ2v) is 8.46. The average molecular weight is 429 g/mol. The Morgan fingerprint density at radius 1 is 1.29 bits per heavy atom. The molecule has 0 bridgehead atoms. The minimum absolute atomic E-state index is 0.149. The number of likely N-dealkylation sites (tertiary alicyclic amines) is 1. The minimum atomic E-state index is -0.824. The summed E-state index contributed by atoms with van der Waals surface area (Å²) in [4.78, 5) is 37.5. The summed E-state index contributed by atoms with van der Waals surface area (Å²) in [6.45, 7) is 9.51. The molecule has 168 valence electrons. The molecule has 2 rings (SSSR count). The lowest BCUT2D eigenvalue weighted by Gasteiger charge is -2.30. The lowest BCUT2D eigenvalue weighted by atomic mass is 9.96. The van der Waals surface area contributed by atoms with Crippen LogP contribution in [0, 0.1) is 37.0 Å². The summed E-state index contributed by atoms with van der Waals surface area (Å²) >= 11 is 0. The van der Waals surface area contributed by atoms with E-state index in [1.807, 2.05) is 26.0 Å². The maximum atomic E-state index is 12.4. The van der Waals surface area contributed by atoms with Crippen LogP contribution in [0.2, 0.25) is 0 Å². The zero-order valence-electron chi connectivity index (χ0n) is 18.8. The lowest BCUT2D eigenvalue weighted by molar-refractivity contribution is -0.149. The monoisotopic (exact) mass is 428 g/mol. The number of piperidine rings is 1. The molecule has 2 N–H and O–H groups in total. The molecular formula is C23H32N4O4. The van der Waals surface area contributed by atoms with E-state index in [4.69, 9.17) is 10.5 Å². The van der Waals surface area contributed by atoms with Gasteiger partial charge < -0.3 is 19.9 Å². The first-order valence-electron chi connectivity index (χ1n) is 10.7. The highest BCUT2D eigenvalue weighted by Crippen LogP contribution is 2.20. The zero-order valence-corrected chi connectivity index (χ0v) is 18.8. The quantitative estimate of drug-likeness (QED) is 0.387. The van der Waals surface area contributed by atoms with Crippen LogP contribution in [0.4, 0.5) is 0 Å². The van der Waals surface area contributed by atoms with Gasteiger partial charge in [-0.15, -0.1) is 0 Å². The van der Waals surface area contributed by atoms with Crippen LogP contribution in [0.3, 0.4) is 0 Å². The second kappa shape index (κ2) is 10.8. The molecule has 0 saturated carbocycles. The van der Waals surface area contributed by atoms with E-state index in [9.17, 15) is 19.6 Å². The molecule has 0 aliphatic carbocycles. The summed E-state index contributed by atoms with van der Waals surface area (Å²) in [5.41, 5.74) is 7.98. The number of hydrogen-bond acceptors (Lipinski definition) is 5. The molecule has 8 nitrogen and oxygen atoms in total. The molecule has 1 aliphatic rings. The van der Waals surface area contributed by atoms with Crippen molar-refractivity contribution < 1.29 is 19.1 Å². The van der Waals surface area contributed by atoms with Gasteiger partial charge in [0, 0.05) is 36.9 Å². The molecule has 31 heavy (non-hydrogen) atoms. The maximum Gasteiger partial charge on any atom is 0.349 e. The SMILES string of the molecule is Cc1cc(/C=C(\C#N)C(=O)OCC(=O)N2CCC(C(N)=O)CC2)c(C)n1CCC(C)C. The van der Waals surface area contributed by atoms with E-state index in [1.54, 1.807) is 4.90 Å². The largest absolute Gasteiger partial charge is 0.451 e. The van der Waals surface area contributed by atoms with E-state index in [-0.39, 0.29) is 23.3 Å².